The molecule has 16 heavy (non-hydrogen) atoms. The summed E-state index contributed by atoms with van der Waals surface area (Å²) in [6.07, 6.45) is 0.527. The minimum atomic E-state index is -0.252. The van der Waals surface area contributed by atoms with Gasteiger partial charge in [-0.1, -0.05) is 6.92 Å². The first kappa shape index (κ1) is 15.8. The van der Waals surface area contributed by atoms with Crippen molar-refractivity contribution >= 4 is 0 Å². The Hall–Kier alpha value is -0.200. The van der Waals surface area contributed by atoms with E-state index in [0.717, 1.165) is 13.0 Å². The zero-order valence-corrected chi connectivity index (χ0v) is 10.4. The van der Waals surface area contributed by atoms with Crippen LogP contribution in [0, 0.1) is 0 Å². The van der Waals surface area contributed by atoms with Crippen molar-refractivity contribution in [3.05, 3.63) is 0 Å². The van der Waals surface area contributed by atoms with Crippen LogP contribution in [-0.4, -0.2) is 64.4 Å². The van der Waals surface area contributed by atoms with Crippen LogP contribution in [0.2, 0.25) is 0 Å². The number of aliphatic hydroxyl groups excluding tert-OH is 1. The average molecular weight is 235 g/mol. The van der Waals surface area contributed by atoms with Crippen molar-refractivity contribution in [2.75, 3.05) is 53.2 Å². The van der Waals surface area contributed by atoms with Crippen LogP contribution < -0.4 is 5.32 Å². The van der Waals surface area contributed by atoms with Gasteiger partial charge in [-0.15, -0.1) is 0 Å². The molecule has 5 heteroatoms. The summed E-state index contributed by atoms with van der Waals surface area (Å²) in [4.78, 5) is 0. The molecular formula is C11H25NO4. The molecule has 1 atom stereocenters. The van der Waals surface area contributed by atoms with Gasteiger partial charge in [0.1, 0.15) is 0 Å². The van der Waals surface area contributed by atoms with E-state index in [2.05, 4.69) is 5.32 Å². The van der Waals surface area contributed by atoms with Crippen LogP contribution in [-0.2, 0) is 14.2 Å². The second kappa shape index (κ2) is 12.9. The highest BCUT2D eigenvalue weighted by Crippen LogP contribution is 1.85. The Morgan fingerprint density at radius 1 is 1.06 bits per heavy atom. The zero-order chi connectivity index (χ0) is 12.1. The summed E-state index contributed by atoms with van der Waals surface area (Å²) in [7, 11) is 1.65. The molecular weight excluding hydrogens is 210 g/mol. The molecule has 0 aliphatic heterocycles. The van der Waals surface area contributed by atoms with Crippen molar-refractivity contribution in [2.45, 2.75) is 19.4 Å². The lowest BCUT2D eigenvalue weighted by molar-refractivity contribution is 0.0251. The fraction of sp³-hybridized carbons (Fsp3) is 1.00. The highest BCUT2D eigenvalue weighted by atomic mass is 16.5. The molecule has 0 spiro atoms. The molecule has 98 valence electrons. The van der Waals surface area contributed by atoms with Gasteiger partial charge in [-0.25, -0.2) is 0 Å². The van der Waals surface area contributed by atoms with E-state index < -0.39 is 0 Å². The van der Waals surface area contributed by atoms with Crippen molar-refractivity contribution in [3.63, 3.8) is 0 Å². The Bertz CT molecular complexity index is 135. The summed E-state index contributed by atoms with van der Waals surface area (Å²) in [6.45, 7) is 6.42. The van der Waals surface area contributed by atoms with Gasteiger partial charge in [-0.2, -0.15) is 0 Å². The first-order chi connectivity index (χ1) is 7.81. The summed E-state index contributed by atoms with van der Waals surface area (Å²) in [5.41, 5.74) is 0. The first-order valence-electron chi connectivity index (χ1n) is 5.84. The van der Waals surface area contributed by atoms with E-state index in [1.165, 1.54) is 0 Å². The highest BCUT2D eigenvalue weighted by Gasteiger charge is 1.98. The maximum absolute atomic E-state index is 9.25. The third-order valence-corrected chi connectivity index (χ3v) is 2.08. The molecule has 5 nitrogen and oxygen atoms in total. The number of hydrogen-bond donors (Lipinski definition) is 2. The summed E-state index contributed by atoms with van der Waals surface area (Å²) < 4.78 is 15.4. The Kier molecular flexibility index (Phi) is 12.7. The molecule has 0 saturated carbocycles. The van der Waals surface area contributed by atoms with Gasteiger partial charge in [0.25, 0.3) is 0 Å². The second-order valence-corrected chi connectivity index (χ2v) is 3.48. The topological polar surface area (TPSA) is 60.0 Å². The van der Waals surface area contributed by atoms with Crippen LogP contribution in [0.5, 0.6) is 0 Å². The first-order valence-corrected chi connectivity index (χ1v) is 5.84. The molecule has 0 rings (SSSR count). The predicted molar refractivity (Wildman–Crippen MR) is 62.7 cm³/mol. The van der Waals surface area contributed by atoms with E-state index in [-0.39, 0.29) is 6.10 Å². The maximum Gasteiger partial charge on any atom is 0.0701 e. The number of hydrogen-bond acceptors (Lipinski definition) is 5. The average Bonchev–Trinajstić information content (AvgIpc) is 2.31. The van der Waals surface area contributed by atoms with Crippen molar-refractivity contribution in [1.29, 1.82) is 0 Å². The monoisotopic (exact) mass is 235 g/mol. The molecule has 2 N–H and O–H groups in total. The summed E-state index contributed by atoms with van der Waals surface area (Å²) in [5, 5.41) is 12.4. The number of ether oxygens (including phenoxy) is 3. The van der Waals surface area contributed by atoms with Crippen molar-refractivity contribution in [2.24, 2.45) is 0 Å². The number of aliphatic hydroxyl groups is 1. The third-order valence-electron chi connectivity index (χ3n) is 2.08. The fourth-order valence-corrected chi connectivity index (χ4v) is 1.02. The van der Waals surface area contributed by atoms with Gasteiger partial charge in [0.2, 0.25) is 0 Å². The van der Waals surface area contributed by atoms with E-state index in [0.29, 0.717) is 39.6 Å². The zero-order valence-electron chi connectivity index (χ0n) is 10.4. The fourth-order valence-electron chi connectivity index (χ4n) is 1.02. The number of rotatable bonds is 12. The minimum Gasteiger partial charge on any atom is -0.392 e. The van der Waals surface area contributed by atoms with Crippen LogP contribution in [0.25, 0.3) is 0 Å². The van der Waals surface area contributed by atoms with Crippen molar-refractivity contribution < 1.29 is 19.3 Å². The normalized spacial score (nSPS) is 12.9. The van der Waals surface area contributed by atoms with Crippen molar-refractivity contribution in [1.82, 2.24) is 5.32 Å². The molecule has 0 saturated heterocycles. The molecule has 0 aromatic carbocycles. The molecule has 0 radical (unpaired) electrons. The lowest BCUT2D eigenvalue weighted by Crippen LogP contribution is -2.29. The summed E-state index contributed by atoms with van der Waals surface area (Å²) >= 11 is 0. The predicted octanol–water partition coefficient (Wildman–Crippen LogP) is 0.0265. The minimum absolute atomic E-state index is 0.252. The van der Waals surface area contributed by atoms with E-state index in [1.807, 2.05) is 6.92 Å². The molecule has 0 aromatic heterocycles. The molecule has 1 unspecified atom stereocenters. The molecule has 0 fully saturated rings. The van der Waals surface area contributed by atoms with Gasteiger partial charge >= 0.3 is 0 Å². The lowest BCUT2D eigenvalue weighted by atomic mass is 10.3. The maximum atomic E-state index is 9.25. The van der Waals surface area contributed by atoms with E-state index in [1.54, 1.807) is 7.11 Å². The van der Waals surface area contributed by atoms with Gasteiger partial charge < -0.3 is 24.6 Å². The van der Waals surface area contributed by atoms with Crippen LogP contribution >= 0.6 is 0 Å². The third kappa shape index (κ3) is 11.9. The van der Waals surface area contributed by atoms with Gasteiger partial charge in [0.05, 0.1) is 39.1 Å². The Balaban J connectivity index is 2.93. The van der Waals surface area contributed by atoms with Crippen LogP contribution in [0.4, 0.5) is 0 Å². The van der Waals surface area contributed by atoms with Crippen LogP contribution in [0.1, 0.15) is 13.3 Å². The Morgan fingerprint density at radius 3 is 2.31 bits per heavy atom. The molecule has 0 heterocycles. The van der Waals surface area contributed by atoms with Crippen molar-refractivity contribution in [3.8, 4) is 0 Å². The van der Waals surface area contributed by atoms with E-state index >= 15 is 0 Å². The van der Waals surface area contributed by atoms with E-state index in [4.69, 9.17) is 14.2 Å². The van der Waals surface area contributed by atoms with Gasteiger partial charge in [-0.3, -0.25) is 0 Å². The van der Waals surface area contributed by atoms with E-state index in [9.17, 15) is 5.11 Å². The van der Waals surface area contributed by atoms with Crippen LogP contribution in [0.15, 0.2) is 0 Å². The lowest BCUT2D eigenvalue weighted by Gasteiger charge is -2.09. The molecule has 0 aliphatic rings. The van der Waals surface area contributed by atoms with Gasteiger partial charge in [0, 0.05) is 20.2 Å². The summed E-state index contributed by atoms with van der Waals surface area (Å²) in [5.74, 6) is 0. The summed E-state index contributed by atoms with van der Waals surface area (Å²) in [6, 6.07) is 0. The largest absolute Gasteiger partial charge is 0.392 e. The highest BCUT2D eigenvalue weighted by molar-refractivity contribution is 4.55. The van der Waals surface area contributed by atoms with Crippen LogP contribution in [0.3, 0.4) is 0 Å². The Morgan fingerprint density at radius 2 is 1.69 bits per heavy atom. The Labute approximate surface area is 98.1 Å². The SMILES string of the molecule is CCC(O)CNCCOCCOCCOC. The molecule has 0 amide bonds. The van der Waals surface area contributed by atoms with Gasteiger partial charge in [-0.05, 0) is 6.42 Å². The quantitative estimate of drug-likeness (QED) is 0.467. The number of nitrogens with one attached hydrogen (secondary N) is 1. The molecule has 0 aromatic rings. The molecule has 0 bridgehead atoms. The van der Waals surface area contributed by atoms with Gasteiger partial charge in [0.15, 0.2) is 0 Å². The second-order valence-electron chi connectivity index (χ2n) is 3.48. The standard InChI is InChI=1S/C11H25NO4/c1-3-11(13)10-12-4-5-15-8-9-16-7-6-14-2/h11-13H,3-10H2,1-2H3. The smallest absolute Gasteiger partial charge is 0.0701 e. The number of methoxy groups -OCH3 is 1. The molecule has 0 aliphatic carbocycles.